The Kier molecular flexibility index (Phi) is 8.07. The van der Waals surface area contributed by atoms with Crippen molar-refractivity contribution in [1.82, 2.24) is 9.29 Å². The first-order valence-electron chi connectivity index (χ1n) is 12.1. The number of nitro benzene ring substituents is 2. The molecule has 0 aliphatic carbocycles. The summed E-state index contributed by atoms with van der Waals surface area (Å²) >= 11 is 2.64. The van der Waals surface area contributed by atoms with E-state index < -0.39 is 19.9 Å². The molecule has 15 heteroatoms. The molecule has 0 radical (unpaired) electrons. The van der Waals surface area contributed by atoms with Gasteiger partial charge in [-0.3, -0.25) is 25.7 Å². The van der Waals surface area contributed by atoms with Gasteiger partial charge in [0, 0.05) is 36.9 Å². The summed E-state index contributed by atoms with van der Waals surface area (Å²) in [6.45, 7) is 0.664. The van der Waals surface area contributed by atoms with E-state index in [0.29, 0.717) is 40.7 Å². The van der Waals surface area contributed by atoms with Crippen molar-refractivity contribution < 1.29 is 18.3 Å². The minimum Gasteiger partial charge on any atom is -0.277 e. The van der Waals surface area contributed by atoms with Crippen LogP contribution in [0.4, 0.5) is 17.1 Å². The van der Waals surface area contributed by atoms with Gasteiger partial charge in [-0.2, -0.15) is 9.41 Å². The maximum absolute atomic E-state index is 13.3. The highest BCUT2D eigenvalue weighted by atomic mass is 32.2. The Hall–Kier alpha value is -3.92. The number of hydrogen-bond donors (Lipinski definition) is 1. The third kappa shape index (κ3) is 5.96. The van der Waals surface area contributed by atoms with Crippen LogP contribution in [0.1, 0.15) is 24.8 Å². The number of piperidine rings is 1. The topological polar surface area (TPSA) is 161 Å². The van der Waals surface area contributed by atoms with Crippen molar-refractivity contribution in [2.45, 2.75) is 33.4 Å². The molecule has 0 amide bonds. The van der Waals surface area contributed by atoms with Crippen LogP contribution in [-0.4, -0.2) is 46.9 Å². The highest BCUT2D eigenvalue weighted by Crippen LogP contribution is 2.39. The zero-order chi connectivity index (χ0) is 28.3. The van der Waals surface area contributed by atoms with E-state index in [1.807, 2.05) is 24.3 Å². The van der Waals surface area contributed by atoms with Crippen LogP contribution in [0.3, 0.4) is 0 Å². The molecule has 0 unspecified atom stereocenters. The van der Waals surface area contributed by atoms with Crippen LogP contribution in [0.25, 0.3) is 10.2 Å². The number of hydrazone groups is 1. The van der Waals surface area contributed by atoms with Gasteiger partial charge in [0.15, 0.2) is 4.34 Å². The van der Waals surface area contributed by atoms with Crippen LogP contribution in [0, 0.1) is 20.2 Å². The molecular weight excluding hydrogens is 577 g/mol. The van der Waals surface area contributed by atoms with Gasteiger partial charge in [-0.05, 0) is 37.1 Å². The minimum atomic E-state index is -4.01. The van der Waals surface area contributed by atoms with Crippen LogP contribution >= 0.6 is 23.1 Å². The Balaban J connectivity index is 1.39. The van der Waals surface area contributed by atoms with Gasteiger partial charge in [0.05, 0.1) is 36.9 Å². The number of nitrogens with one attached hydrogen (secondary N) is 1. The number of aromatic nitrogens is 1. The van der Waals surface area contributed by atoms with Crippen molar-refractivity contribution in [2.75, 3.05) is 18.5 Å². The first-order valence-corrected chi connectivity index (χ1v) is 15.2. The summed E-state index contributed by atoms with van der Waals surface area (Å²) in [5.74, 6) is 0. The summed E-state index contributed by atoms with van der Waals surface area (Å²) in [5, 5.41) is 27.2. The van der Waals surface area contributed by atoms with Gasteiger partial charge in [0.25, 0.3) is 11.4 Å². The second-order valence-corrected chi connectivity index (χ2v) is 13.0. The lowest BCUT2D eigenvalue weighted by Gasteiger charge is -2.26. The zero-order valence-electron chi connectivity index (χ0n) is 20.8. The van der Waals surface area contributed by atoms with Crippen molar-refractivity contribution in [1.29, 1.82) is 0 Å². The number of sulfonamides is 1. The quantitative estimate of drug-likeness (QED) is 0.141. The number of anilines is 1. The minimum absolute atomic E-state index is 0.0601. The van der Waals surface area contributed by atoms with Crippen LogP contribution in [0.5, 0.6) is 0 Å². The second kappa shape index (κ2) is 11.7. The van der Waals surface area contributed by atoms with E-state index in [-0.39, 0.29) is 22.0 Å². The number of hydrogen-bond acceptors (Lipinski definition) is 11. The number of benzene rings is 3. The molecule has 0 bridgehead atoms. The van der Waals surface area contributed by atoms with Crippen molar-refractivity contribution in [2.24, 2.45) is 5.10 Å². The number of nitrogens with zero attached hydrogens (tertiary/aromatic N) is 5. The Morgan fingerprint density at radius 3 is 2.50 bits per heavy atom. The molecule has 1 aliphatic rings. The summed E-state index contributed by atoms with van der Waals surface area (Å²) in [7, 11) is -4.01. The summed E-state index contributed by atoms with van der Waals surface area (Å²) < 4.78 is 29.6. The largest absolute Gasteiger partial charge is 0.283 e. The molecular formula is C25H22N6O6S3. The van der Waals surface area contributed by atoms with Crippen molar-refractivity contribution >= 4 is 66.6 Å². The van der Waals surface area contributed by atoms with Crippen LogP contribution in [0.15, 0.2) is 79.9 Å². The van der Waals surface area contributed by atoms with Crippen molar-refractivity contribution in [3.05, 3.63) is 86.5 Å². The zero-order valence-corrected chi connectivity index (χ0v) is 23.2. The monoisotopic (exact) mass is 598 g/mol. The molecule has 0 atom stereocenters. The standard InChI is InChI=1S/C25H22N6O6S3/c32-30(33)18-9-10-20(24(15-18)40(36,37)29-12-4-1-5-13-29)28-26-16-17-8-11-23(21(14-17)31(34)35)39-25-27-19-6-2-3-7-22(19)38-25/h2-3,6-11,14-16,28H,1,4-5,12-13H2/b26-16-. The maximum Gasteiger partial charge on any atom is 0.283 e. The number of rotatable bonds is 9. The average Bonchev–Trinajstić information content (AvgIpc) is 3.36. The molecule has 3 aromatic carbocycles. The van der Waals surface area contributed by atoms with E-state index in [9.17, 15) is 28.6 Å². The van der Waals surface area contributed by atoms with E-state index in [4.69, 9.17) is 0 Å². The van der Waals surface area contributed by atoms with Crippen LogP contribution in [0.2, 0.25) is 0 Å². The summed E-state index contributed by atoms with van der Waals surface area (Å²) in [4.78, 5) is 26.7. The van der Waals surface area contributed by atoms with Gasteiger partial charge in [0.1, 0.15) is 4.90 Å². The maximum atomic E-state index is 13.3. The molecule has 40 heavy (non-hydrogen) atoms. The predicted octanol–water partition coefficient (Wildman–Crippen LogP) is 5.88. The average molecular weight is 599 g/mol. The Morgan fingerprint density at radius 1 is 1.00 bits per heavy atom. The lowest BCUT2D eigenvalue weighted by Crippen LogP contribution is -2.35. The number of nitro groups is 2. The molecule has 1 N–H and O–H groups in total. The highest BCUT2D eigenvalue weighted by Gasteiger charge is 2.30. The molecule has 0 spiro atoms. The normalized spacial score (nSPS) is 14.5. The Morgan fingerprint density at radius 2 is 1.77 bits per heavy atom. The van der Waals surface area contributed by atoms with Crippen molar-refractivity contribution in [3.8, 4) is 0 Å². The molecule has 4 aromatic rings. The van der Waals surface area contributed by atoms with Crippen LogP contribution in [-0.2, 0) is 10.0 Å². The summed E-state index contributed by atoms with van der Waals surface area (Å²) in [6, 6.07) is 15.7. The van der Waals surface area contributed by atoms with E-state index >= 15 is 0 Å². The molecule has 0 saturated carbocycles. The van der Waals surface area contributed by atoms with Gasteiger partial charge >= 0.3 is 0 Å². The summed E-state index contributed by atoms with van der Waals surface area (Å²) in [6.07, 6.45) is 3.65. The third-order valence-electron chi connectivity index (χ3n) is 6.16. The molecule has 1 aromatic heterocycles. The van der Waals surface area contributed by atoms with Crippen LogP contribution < -0.4 is 5.43 Å². The van der Waals surface area contributed by atoms with E-state index in [1.165, 1.54) is 51.8 Å². The Labute approximate surface area is 237 Å². The first kappa shape index (κ1) is 27.6. The van der Waals surface area contributed by atoms with E-state index in [1.54, 1.807) is 12.1 Å². The fourth-order valence-electron chi connectivity index (χ4n) is 4.18. The number of fused-ring (bicyclic) bond motifs is 1. The predicted molar refractivity (Wildman–Crippen MR) is 154 cm³/mol. The van der Waals surface area contributed by atoms with Gasteiger partial charge in [-0.25, -0.2) is 13.4 Å². The molecule has 5 rings (SSSR count). The smallest absolute Gasteiger partial charge is 0.277 e. The number of para-hydroxylation sites is 1. The van der Waals surface area contributed by atoms with Gasteiger partial charge in [-0.1, -0.05) is 36.4 Å². The van der Waals surface area contributed by atoms with Gasteiger partial charge in [0.2, 0.25) is 10.0 Å². The molecule has 1 aliphatic heterocycles. The Bertz CT molecular complexity index is 1700. The van der Waals surface area contributed by atoms with Gasteiger partial charge < -0.3 is 0 Å². The SMILES string of the molecule is O=[N+]([O-])c1ccc(N/N=C\c2ccc(Sc3nc4ccccc4s3)c([N+](=O)[O-])c2)c(S(=O)(=O)N2CCCCC2)c1. The fraction of sp³-hybridized carbons (Fsp3) is 0.200. The van der Waals surface area contributed by atoms with E-state index in [2.05, 4.69) is 15.5 Å². The van der Waals surface area contributed by atoms with Crippen molar-refractivity contribution in [3.63, 3.8) is 0 Å². The molecule has 12 nitrogen and oxygen atoms in total. The first-order chi connectivity index (χ1) is 19.2. The second-order valence-electron chi connectivity index (χ2n) is 8.81. The molecule has 206 valence electrons. The fourth-order valence-corrected chi connectivity index (χ4v) is 7.97. The lowest BCUT2D eigenvalue weighted by molar-refractivity contribution is -0.387. The van der Waals surface area contributed by atoms with Gasteiger partial charge in [-0.15, -0.1) is 11.3 Å². The third-order valence-corrected chi connectivity index (χ3v) is 10.3. The van der Waals surface area contributed by atoms with E-state index in [0.717, 1.165) is 22.7 Å². The lowest BCUT2D eigenvalue weighted by atomic mass is 10.2. The summed E-state index contributed by atoms with van der Waals surface area (Å²) in [5.41, 5.74) is 3.44. The highest BCUT2D eigenvalue weighted by molar-refractivity contribution is 8.01. The number of thiazole rings is 1. The molecule has 2 heterocycles. The molecule has 1 saturated heterocycles. The number of non-ortho nitro benzene ring substituents is 1. The molecule has 1 fully saturated rings.